The number of carbonyl (C=O) groups is 1. The van der Waals surface area contributed by atoms with E-state index in [1.54, 1.807) is 0 Å². The van der Waals surface area contributed by atoms with Gasteiger partial charge in [-0.3, -0.25) is 9.89 Å². The van der Waals surface area contributed by atoms with Gasteiger partial charge < -0.3 is 9.73 Å². The molecule has 6 nitrogen and oxygen atoms in total. The number of furan rings is 1. The molecule has 2 heterocycles. The molecule has 0 radical (unpaired) electrons. The summed E-state index contributed by atoms with van der Waals surface area (Å²) >= 11 is 0. The number of rotatable bonds is 3. The van der Waals surface area contributed by atoms with E-state index in [1.165, 1.54) is 0 Å². The second kappa shape index (κ2) is 5.35. The summed E-state index contributed by atoms with van der Waals surface area (Å²) in [6.07, 6.45) is 0. The number of nitrogens with one attached hydrogen (secondary N) is 2. The maximum absolute atomic E-state index is 12.2. The molecule has 6 heteroatoms. The Morgan fingerprint density at radius 1 is 1.38 bits per heavy atom. The van der Waals surface area contributed by atoms with Gasteiger partial charge in [0, 0.05) is 11.0 Å². The lowest BCUT2D eigenvalue weighted by atomic mass is 9.96. The highest BCUT2D eigenvalue weighted by atomic mass is 16.3. The predicted molar refractivity (Wildman–Crippen MR) is 79.1 cm³/mol. The van der Waals surface area contributed by atoms with Crippen molar-refractivity contribution in [2.45, 2.75) is 53.0 Å². The van der Waals surface area contributed by atoms with E-state index in [4.69, 9.17) is 4.42 Å². The van der Waals surface area contributed by atoms with Crippen molar-refractivity contribution in [2.24, 2.45) is 0 Å². The van der Waals surface area contributed by atoms with Gasteiger partial charge in [-0.25, -0.2) is 4.98 Å². The molecule has 2 aromatic heterocycles. The highest BCUT2D eigenvalue weighted by Gasteiger charge is 2.23. The predicted octanol–water partition coefficient (Wildman–Crippen LogP) is 2.80. The zero-order valence-electron chi connectivity index (χ0n) is 13.4. The molecule has 0 aliphatic rings. The molecule has 0 aromatic carbocycles. The van der Waals surface area contributed by atoms with Crippen molar-refractivity contribution in [3.8, 4) is 0 Å². The third-order valence-corrected chi connectivity index (χ3v) is 3.29. The number of aromatic nitrogens is 3. The first-order valence-corrected chi connectivity index (χ1v) is 6.99. The zero-order chi connectivity index (χ0) is 15.8. The van der Waals surface area contributed by atoms with E-state index in [2.05, 4.69) is 20.5 Å². The summed E-state index contributed by atoms with van der Waals surface area (Å²) in [7, 11) is 0. The molecule has 2 rings (SSSR count). The largest absolute Gasteiger partial charge is 0.466 e. The van der Waals surface area contributed by atoms with Crippen LogP contribution in [0.2, 0.25) is 0 Å². The van der Waals surface area contributed by atoms with Crippen LogP contribution in [0.4, 0.5) is 0 Å². The van der Waals surface area contributed by atoms with Crippen molar-refractivity contribution in [1.29, 1.82) is 0 Å². The van der Waals surface area contributed by atoms with Crippen molar-refractivity contribution < 1.29 is 9.21 Å². The van der Waals surface area contributed by atoms with Crippen LogP contribution in [0.25, 0.3) is 0 Å². The molecule has 114 valence electrons. The standard InChI is InChI=1S/C15H22N4O2/c1-8-7-11(10(3)21-8)9(2)16-13(20)12-17-14(19-18-12)15(4,5)6/h7,9H,1-6H3,(H,16,20)(H,17,18,19). The normalized spacial score (nSPS) is 13.2. The molecule has 0 bridgehead atoms. The Morgan fingerprint density at radius 2 is 2.05 bits per heavy atom. The first kappa shape index (κ1) is 15.3. The smallest absolute Gasteiger partial charge is 0.291 e. The molecule has 0 saturated carbocycles. The van der Waals surface area contributed by atoms with Crippen LogP contribution in [0.15, 0.2) is 10.5 Å². The number of hydrogen-bond donors (Lipinski definition) is 2. The molecule has 0 fully saturated rings. The summed E-state index contributed by atoms with van der Waals surface area (Å²) in [6.45, 7) is 11.7. The maximum Gasteiger partial charge on any atom is 0.291 e. The van der Waals surface area contributed by atoms with E-state index >= 15 is 0 Å². The number of aromatic amines is 1. The van der Waals surface area contributed by atoms with Crippen molar-refractivity contribution in [2.75, 3.05) is 0 Å². The van der Waals surface area contributed by atoms with Crippen LogP contribution in [0.1, 0.15) is 67.3 Å². The number of aryl methyl sites for hydroxylation is 2. The number of amides is 1. The van der Waals surface area contributed by atoms with Gasteiger partial charge in [-0.05, 0) is 26.8 Å². The molecular formula is C15H22N4O2. The summed E-state index contributed by atoms with van der Waals surface area (Å²) in [5.41, 5.74) is 0.794. The second-order valence-electron chi connectivity index (χ2n) is 6.32. The van der Waals surface area contributed by atoms with Crippen LogP contribution in [-0.4, -0.2) is 21.1 Å². The van der Waals surface area contributed by atoms with E-state index in [0.29, 0.717) is 5.82 Å². The highest BCUT2D eigenvalue weighted by molar-refractivity contribution is 5.90. The van der Waals surface area contributed by atoms with E-state index in [-0.39, 0.29) is 23.2 Å². The van der Waals surface area contributed by atoms with Crippen LogP contribution in [-0.2, 0) is 5.41 Å². The SMILES string of the molecule is Cc1cc(C(C)NC(=O)c2n[nH]c(C(C)(C)C)n2)c(C)o1. The summed E-state index contributed by atoms with van der Waals surface area (Å²) in [5, 5.41) is 9.69. The Balaban J connectivity index is 2.11. The lowest BCUT2D eigenvalue weighted by Gasteiger charge is -2.13. The Kier molecular flexibility index (Phi) is 3.89. The maximum atomic E-state index is 12.2. The minimum atomic E-state index is -0.299. The summed E-state index contributed by atoms with van der Waals surface area (Å²) in [6, 6.07) is 1.77. The van der Waals surface area contributed by atoms with Crippen molar-refractivity contribution in [3.63, 3.8) is 0 Å². The first-order chi connectivity index (χ1) is 9.68. The third kappa shape index (κ3) is 3.32. The Morgan fingerprint density at radius 3 is 2.52 bits per heavy atom. The lowest BCUT2D eigenvalue weighted by Crippen LogP contribution is -2.28. The Bertz CT molecular complexity index is 649. The average molecular weight is 290 g/mol. The molecule has 1 amide bonds. The number of hydrogen-bond acceptors (Lipinski definition) is 4. The van der Waals surface area contributed by atoms with E-state index in [9.17, 15) is 4.79 Å². The summed E-state index contributed by atoms with van der Waals surface area (Å²) in [5.74, 6) is 2.19. The first-order valence-electron chi connectivity index (χ1n) is 6.99. The molecule has 0 aliphatic heterocycles. The van der Waals surface area contributed by atoms with Gasteiger partial charge in [0.1, 0.15) is 17.3 Å². The summed E-state index contributed by atoms with van der Waals surface area (Å²) < 4.78 is 5.48. The summed E-state index contributed by atoms with van der Waals surface area (Å²) in [4.78, 5) is 16.5. The topological polar surface area (TPSA) is 83.8 Å². The van der Waals surface area contributed by atoms with Gasteiger partial charge >= 0.3 is 0 Å². The van der Waals surface area contributed by atoms with E-state index in [0.717, 1.165) is 17.1 Å². The van der Waals surface area contributed by atoms with Crippen LogP contribution < -0.4 is 5.32 Å². The molecule has 1 unspecified atom stereocenters. The zero-order valence-corrected chi connectivity index (χ0v) is 13.4. The van der Waals surface area contributed by atoms with Gasteiger partial charge in [-0.2, -0.15) is 0 Å². The Hall–Kier alpha value is -2.11. The van der Waals surface area contributed by atoms with Gasteiger partial charge in [0.25, 0.3) is 5.91 Å². The number of H-pyrrole nitrogens is 1. The van der Waals surface area contributed by atoms with Crippen molar-refractivity contribution in [1.82, 2.24) is 20.5 Å². The average Bonchev–Trinajstić information content (AvgIpc) is 2.95. The van der Waals surface area contributed by atoms with Gasteiger partial charge in [-0.1, -0.05) is 20.8 Å². The third-order valence-electron chi connectivity index (χ3n) is 3.29. The molecule has 2 N–H and O–H groups in total. The quantitative estimate of drug-likeness (QED) is 0.910. The minimum Gasteiger partial charge on any atom is -0.466 e. The van der Waals surface area contributed by atoms with Crippen LogP contribution in [0.3, 0.4) is 0 Å². The molecular weight excluding hydrogens is 268 g/mol. The molecule has 0 aliphatic carbocycles. The van der Waals surface area contributed by atoms with Gasteiger partial charge in [0.2, 0.25) is 5.82 Å². The molecule has 0 saturated heterocycles. The minimum absolute atomic E-state index is 0.157. The van der Waals surface area contributed by atoms with Crippen molar-refractivity contribution in [3.05, 3.63) is 34.8 Å². The molecule has 1 atom stereocenters. The van der Waals surface area contributed by atoms with E-state index in [1.807, 2.05) is 47.6 Å². The van der Waals surface area contributed by atoms with Gasteiger partial charge in [0.05, 0.1) is 6.04 Å². The molecule has 2 aromatic rings. The number of nitrogens with zero attached hydrogens (tertiary/aromatic N) is 2. The van der Waals surface area contributed by atoms with Crippen LogP contribution in [0.5, 0.6) is 0 Å². The monoisotopic (exact) mass is 290 g/mol. The van der Waals surface area contributed by atoms with Crippen molar-refractivity contribution >= 4 is 5.91 Å². The fourth-order valence-corrected chi connectivity index (χ4v) is 2.12. The molecule has 21 heavy (non-hydrogen) atoms. The second-order valence-corrected chi connectivity index (χ2v) is 6.32. The Labute approximate surface area is 124 Å². The number of carbonyl (C=O) groups excluding carboxylic acids is 1. The van der Waals surface area contributed by atoms with Crippen LogP contribution in [0, 0.1) is 13.8 Å². The van der Waals surface area contributed by atoms with E-state index < -0.39 is 0 Å². The fourth-order valence-electron chi connectivity index (χ4n) is 2.12. The van der Waals surface area contributed by atoms with Gasteiger partial charge in [0.15, 0.2) is 0 Å². The fraction of sp³-hybridized carbons (Fsp3) is 0.533. The molecule has 0 spiro atoms. The van der Waals surface area contributed by atoms with Gasteiger partial charge in [-0.15, -0.1) is 5.10 Å². The lowest BCUT2D eigenvalue weighted by molar-refractivity contribution is 0.0929. The highest BCUT2D eigenvalue weighted by Crippen LogP contribution is 2.21. The van der Waals surface area contributed by atoms with Crippen LogP contribution >= 0.6 is 0 Å².